The zero-order valence-corrected chi connectivity index (χ0v) is 9.67. The van der Waals surface area contributed by atoms with Gasteiger partial charge in [0, 0.05) is 19.8 Å². The van der Waals surface area contributed by atoms with Crippen molar-refractivity contribution in [2.75, 3.05) is 20.3 Å². The van der Waals surface area contributed by atoms with Crippen LogP contribution in [0.3, 0.4) is 0 Å². The minimum Gasteiger partial charge on any atom is -0.395 e. The van der Waals surface area contributed by atoms with Gasteiger partial charge in [0.15, 0.2) is 0 Å². The summed E-state index contributed by atoms with van der Waals surface area (Å²) in [5.41, 5.74) is 0. The molecule has 0 radical (unpaired) electrons. The number of ether oxygens (including phenoxy) is 1. The molecule has 0 bridgehead atoms. The monoisotopic (exact) mass is 225 g/mol. The molecule has 5 nitrogen and oxygen atoms in total. The Kier molecular flexibility index (Phi) is 6.26. The predicted octanol–water partition coefficient (Wildman–Crippen LogP) is -0.288. The Morgan fingerprint density at radius 2 is 2.00 bits per heavy atom. The average molecular weight is 225 g/mol. The van der Waals surface area contributed by atoms with E-state index in [-0.39, 0.29) is 12.6 Å². The molecule has 0 fully saturated rings. The van der Waals surface area contributed by atoms with E-state index in [1.807, 2.05) is 0 Å². The third-order valence-corrected chi connectivity index (χ3v) is 3.85. The van der Waals surface area contributed by atoms with Crippen LogP contribution in [-0.4, -0.2) is 45.1 Å². The fourth-order valence-electron chi connectivity index (χ4n) is 0.848. The summed E-state index contributed by atoms with van der Waals surface area (Å²) in [6.07, 6.45) is 0.619. The summed E-state index contributed by atoms with van der Waals surface area (Å²) in [6.45, 7) is 3.37. The van der Waals surface area contributed by atoms with E-state index in [0.717, 1.165) is 0 Å². The Morgan fingerprint density at radius 3 is 2.43 bits per heavy atom. The van der Waals surface area contributed by atoms with Crippen molar-refractivity contribution in [2.24, 2.45) is 0 Å². The van der Waals surface area contributed by atoms with E-state index >= 15 is 0 Å². The summed E-state index contributed by atoms with van der Waals surface area (Å²) in [6, 6.07) is -0.172. The van der Waals surface area contributed by atoms with Crippen molar-refractivity contribution in [3.05, 3.63) is 0 Å². The number of hydrogen-bond acceptors (Lipinski definition) is 4. The number of methoxy groups -OCH3 is 1. The van der Waals surface area contributed by atoms with Crippen molar-refractivity contribution < 1.29 is 18.3 Å². The van der Waals surface area contributed by atoms with Gasteiger partial charge in [-0.3, -0.25) is 0 Å². The highest BCUT2D eigenvalue weighted by molar-refractivity contribution is 7.90. The molecule has 0 aromatic rings. The molecule has 6 heteroatoms. The second kappa shape index (κ2) is 6.34. The van der Waals surface area contributed by atoms with Gasteiger partial charge in [-0.1, -0.05) is 0 Å². The molecular formula is C8H19NO4S. The molecule has 0 aliphatic rings. The number of nitrogens with one attached hydrogen (secondary N) is 1. The maximum absolute atomic E-state index is 11.4. The lowest BCUT2D eigenvalue weighted by Crippen LogP contribution is -2.40. The number of rotatable bonds is 7. The molecule has 0 rings (SSSR count). The number of hydrogen-bond donors (Lipinski definition) is 2. The topological polar surface area (TPSA) is 75.6 Å². The van der Waals surface area contributed by atoms with Crippen molar-refractivity contribution in [2.45, 2.75) is 31.6 Å². The van der Waals surface area contributed by atoms with E-state index < -0.39 is 15.3 Å². The van der Waals surface area contributed by atoms with Gasteiger partial charge >= 0.3 is 0 Å². The number of sulfonamides is 1. The minimum atomic E-state index is -3.40. The second-order valence-corrected chi connectivity index (χ2v) is 5.47. The van der Waals surface area contributed by atoms with Gasteiger partial charge in [0.25, 0.3) is 0 Å². The highest BCUT2D eigenvalue weighted by atomic mass is 32.2. The lowest BCUT2D eigenvalue weighted by molar-refractivity contribution is 0.188. The molecule has 0 spiro atoms. The molecule has 0 saturated heterocycles. The summed E-state index contributed by atoms with van der Waals surface area (Å²) in [5.74, 6) is 0. The summed E-state index contributed by atoms with van der Waals surface area (Å²) < 4.78 is 30.1. The van der Waals surface area contributed by atoms with Crippen LogP contribution in [0.25, 0.3) is 0 Å². The molecule has 0 aliphatic carbocycles. The average Bonchev–Trinajstić information content (AvgIpc) is 2.12. The van der Waals surface area contributed by atoms with Gasteiger partial charge in [-0.2, -0.15) is 0 Å². The fourth-order valence-corrected chi connectivity index (χ4v) is 1.96. The summed E-state index contributed by atoms with van der Waals surface area (Å²) in [4.78, 5) is 0. The van der Waals surface area contributed by atoms with Gasteiger partial charge in [0.2, 0.25) is 10.0 Å². The molecule has 0 aromatic carbocycles. The van der Waals surface area contributed by atoms with Crippen LogP contribution in [0.5, 0.6) is 0 Å². The molecule has 2 N–H and O–H groups in total. The van der Waals surface area contributed by atoms with Gasteiger partial charge < -0.3 is 9.84 Å². The molecule has 86 valence electrons. The third kappa shape index (κ3) is 4.90. The molecule has 0 aliphatic heterocycles. The maximum atomic E-state index is 11.4. The largest absolute Gasteiger partial charge is 0.395 e. The van der Waals surface area contributed by atoms with Gasteiger partial charge in [-0.05, 0) is 20.3 Å². The third-order valence-electron chi connectivity index (χ3n) is 1.91. The molecule has 0 amide bonds. The van der Waals surface area contributed by atoms with Crippen molar-refractivity contribution in [3.63, 3.8) is 0 Å². The molecule has 2 unspecified atom stereocenters. The van der Waals surface area contributed by atoms with Crippen LogP contribution < -0.4 is 4.72 Å². The van der Waals surface area contributed by atoms with Crippen LogP contribution in [0, 0.1) is 0 Å². The smallest absolute Gasteiger partial charge is 0.216 e. The molecule has 2 atom stereocenters. The number of aliphatic hydroxyl groups is 1. The Hall–Kier alpha value is -0.170. The van der Waals surface area contributed by atoms with E-state index in [1.165, 1.54) is 6.92 Å². The lowest BCUT2D eigenvalue weighted by Gasteiger charge is -2.16. The van der Waals surface area contributed by atoms with Crippen LogP contribution in [0.2, 0.25) is 0 Å². The summed E-state index contributed by atoms with van der Waals surface area (Å²) >= 11 is 0. The maximum Gasteiger partial charge on any atom is 0.216 e. The van der Waals surface area contributed by atoms with E-state index in [4.69, 9.17) is 9.84 Å². The lowest BCUT2D eigenvalue weighted by atomic mass is 10.3. The first kappa shape index (κ1) is 13.8. The normalized spacial score (nSPS) is 16.6. The van der Waals surface area contributed by atoms with Gasteiger partial charge in [-0.25, -0.2) is 13.1 Å². The van der Waals surface area contributed by atoms with Crippen molar-refractivity contribution >= 4 is 10.0 Å². The summed E-state index contributed by atoms with van der Waals surface area (Å²) in [7, 11) is -1.83. The summed E-state index contributed by atoms with van der Waals surface area (Å²) in [5, 5.41) is 7.94. The van der Waals surface area contributed by atoms with Gasteiger partial charge in [-0.15, -0.1) is 0 Å². The molecule has 0 saturated carbocycles. The van der Waals surface area contributed by atoms with Crippen LogP contribution in [-0.2, 0) is 14.8 Å². The zero-order valence-electron chi connectivity index (χ0n) is 8.86. The van der Waals surface area contributed by atoms with Crippen LogP contribution in [0.1, 0.15) is 20.3 Å². The van der Waals surface area contributed by atoms with Gasteiger partial charge in [0.05, 0.1) is 11.9 Å². The SMILES string of the molecule is COCCC(C)NS(=O)(=O)C(C)CO. The Labute approximate surface area is 85.5 Å². The van der Waals surface area contributed by atoms with E-state index in [0.29, 0.717) is 13.0 Å². The Balaban J connectivity index is 4.09. The zero-order chi connectivity index (χ0) is 11.2. The number of aliphatic hydroxyl groups excluding tert-OH is 1. The molecule has 0 heterocycles. The highest BCUT2D eigenvalue weighted by Gasteiger charge is 2.21. The quantitative estimate of drug-likeness (QED) is 0.624. The van der Waals surface area contributed by atoms with Crippen molar-refractivity contribution in [1.29, 1.82) is 0 Å². The first-order chi connectivity index (χ1) is 6.44. The van der Waals surface area contributed by atoms with E-state index in [9.17, 15) is 8.42 Å². The Bertz CT molecular complexity index is 240. The molecule has 0 aromatic heterocycles. The Morgan fingerprint density at radius 1 is 1.43 bits per heavy atom. The van der Waals surface area contributed by atoms with Crippen molar-refractivity contribution in [1.82, 2.24) is 4.72 Å². The van der Waals surface area contributed by atoms with Crippen LogP contribution in [0.4, 0.5) is 0 Å². The van der Waals surface area contributed by atoms with Crippen LogP contribution >= 0.6 is 0 Å². The standard InChI is InChI=1S/C8H19NO4S/c1-7(4-5-13-3)9-14(11,12)8(2)6-10/h7-10H,4-6H2,1-3H3. The first-order valence-electron chi connectivity index (χ1n) is 4.55. The predicted molar refractivity (Wildman–Crippen MR) is 54.6 cm³/mol. The fraction of sp³-hybridized carbons (Fsp3) is 1.00. The van der Waals surface area contributed by atoms with Crippen molar-refractivity contribution in [3.8, 4) is 0 Å². The van der Waals surface area contributed by atoms with E-state index in [2.05, 4.69) is 4.72 Å². The molecular weight excluding hydrogens is 206 g/mol. The van der Waals surface area contributed by atoms with Gasteiger partial charge in [0.1, 0.15) is 0 Å². The highest BCUT2D eigenvalue weighted by Crippen LogP contribution is 2.01. The second-order valence-electron chi connectivity index (χ2n) is 3.34. The molecule has 14 heavy (non-hydrogen) atoms. The minimum absolute atomic E-state index is 0.172. The van der Waals surface area contributed by atoms with E-state index in [1.54, 1.807) is 14.0 Å². The first-order valence-corrected chi connectivity index (χ1v) is 6.09. The van der Waals surface area contributed by atoms with Crippen LogP contribution in [0.15, 0.2) is 0 Å².